The highest BCUT2D eigenvalue weighted by atomic mass is 16.3. The topological polar surface area (TPSA) is 40.5 Å². The number of hydrogen-bond acceptors (Lipinski definition) is 2. The highest BCUT2D eigenvalue weighted by molar-refractivity contribution is 5.37. The summed E-state index contributed by atoms with van der Waals surface area (Å²) < 4.78 is 0. The second-order valence-corrected chi connectivity index (χ2v) is 4.36. The molecule has 0 unspecified atom stereocenters. The summed E-state index contributed by atoms with van der Waals surface area (Å²) in [4.78, 5) is 0. The molecule has 0 aromatic heterocycles. The molecule has 0 amide bonds. The van der Waals surface area contributed by atoms with E-state index in [-0.39, 0.29) is 11.5 Å². The van der Waals surface area contributed by atoms with E-state index in [9.17, 15) is 10.2 Å². The van der Waals surface area contributed by atoms with Gasteiger partial charge >= 0.3 is 0 Å². The minimum atomic E-state index is 0.103. The van der Waals surface area contributed by atoms with Gasteiger partial charge in [-0.25, -0.2) is 0 Å². The number of rotatable bonds is 7. The van der Waals surface area contributed by atoms with Gasteiger partial charge in [0, 0.05) is 6.07 Å². The van der Waals surface area contributed by atoms with Gasteiger partial charge in [-0.15, -0.1) is 0 Å². The summed E-state index contributed by atoms with van der Waals surface area (Å²) in [7, 11) is 0. The maximum absolute atomic E-state index is 9.34. The molecule has 102 valence electrons. The molecule has 0 heterocycles. The zero-order valence-electron chi connectivity index (χ0n) is 11.4. The Morgan fingerprint density at radius 1 is 0.789 bits per heavy atom. The van der Waals surface area contributed by atoms with Crippen LogP contribution in [-0.4, -0.2) is 10.2 Å². The Hall–Kier alpha value is -1.96. The number of benzene rings is 1. The molecule has 0 aliphatic rings. The van der Waals surface area contributed by atoms with Gasteiger partial charge in [-0.1, -0.05) is 43.4 Å². The van der Waals surface area contributed by atoms with E-state index in [1.807, 2.05) is 6.08 Å². The summed E-state index contributed by atoms with van der Waals surface area (Å²) in [6, 6.07) is 4.66. The summed E-state index contributed by atoms with van der Waals surface area (Å²) in [6.07, 6.45) is 16.4. The van der Waals surface area contributed by atoms with Crippen molar-refractivity contribution in [1.29, 1.82) is 0 Å². The van der Waals surface area contributed by atoms with E-state index < -0.39 is 0 Å². The fourth-order valence-corrected chi connectivity index (χ4v) is 1.70. The summed E-state index contributed by atoms with van der Waals surface area (Å²) in [6.45, 7) is 2.13. The number of hydrogen-bond donors (Lipinski definition) is 2. The smallest absolute Gasteiger partial charge is 0.119 e. The molecule has 2 N–H and O–H groups in total. The van der Waals surface area contributed by atoms with Crippen LogP contribution in [-0.2, 0) is 6.42 Å². The predicted molar refractivity (Wildman–Crippen MR) is 80.4 cm³/mol. The van der Waals surface area contributed by atoms with Crippen LogP contribution < -0.4 is 0 Å². The van der Waals surface area contributed by atoms with Crippen LogP contribution in [0.15, 0.2) is 54.7 Å². The molecule has 0 fully saturated rings. The Labute approximate surface area is 115 Å². The molecule has 0 saturated heterocycles. The van der Waals surface area contributed by atoms with Gasteiger partial charge in [0.2, 0.25) is 0 Å². The first-order valence-electron chi connectivity index (χ1n) is 6.69. The molecule has 0 spiro atoms. The van der Waals surface area contributed by atoms with Gasteiger partial charge < -0.3 is 10.2 Å². The lowest BCUT2D eigenvalue weighted by molar-refractivity contribution is 0.449. The zero-order chi connectivity index (χ0) is 13.9. The highest BCUT2D eigenvalue weighted by Gasteiger charge is 1.96. The van der Waals surface area contributed by atoms with Gasteiger partial charge in [-0.3, -0.25) is 0 Å². The standard InChI is InChI=1S/C17H22O2/c1-2-3-4-5-6-7-8-9-10-11-15-12-16(18)14-17(19)13-15/h3-4,6-7,9-10,12-14,18-19H,2,5,8,11H2,1H3/b4-3-,7-6-,10-9-. The van der Waals surface area contributed by atoms with Crippen LogP contribution in [0.2, 0.25) is 0 Å². The van der Waals surface area contributed by atoms with Gasteiger partial charge in [0.25, 0.3) is 0 Å². The maximum Gasteiger partial charge on any atom is 0.119 e. The van der Waals surface area contributed by atoms with E-state index in [1.165, 1.54) is 6.07 Å². The molecule has 2 nitrogen and oxygen atoms in total. The van der Waals surface area contributed by atoms with Crippen molar-refractivity contribution in [1.82, 2.24) is 0 Å². The molecule has 0 aliphatic heterocycles. The highest BCUT2D eigenvalue weighted by Crippen LogP contribution is 2.20. The predicted octanol–water partition coefficient (Wildman–Crippen LogP) is 4.50. The molecule has 1 rings (SSSR count). The van der Waals surface area contributed by atoms with Crippen LogP contribution in [0.4, 0.5) is 0 Å². The SMILES string of the molecule is CC/C=C\C/C=C\C/C=C\Cc1cc(O)cc(O)c1. The molecule has 0 atom stereocenters. The van der Waals surface area contributed by atoms with Crippen molar-refractivity contribution >= 4 is 0 Å². The first kappa shape index (κ1) is 15.1. The Morgan fingerprint density at radius 3 is 1.89 bits per heavy atom. The first-order chi connectivity index (χ1) is 9.22. The molecule has 0 bridgehead atoms. The van der Waals surface area contributed by atoms with E-state index >= 15 is 0 Å². The van der Waals surface area contributed by atoms with E-state index in [0.717, 1.165) is 24.8 Å². The third-order valence-corrected chi connectivity index (χ3v) is 2.60. The van der Waals surface area contributed by atoms with Crippen LogP contribution in [0.1, 0.15) is 31.7 Å². The summed E-state index contributed by atoms with van der Waals surface area (Å²) in [5, 5.41) is 18.7. The monoisotopic (exact) mass is 258 g/mol. The van der Waals surface area contributed by atoms with Crippen molar-refractivity contribution < 1.29 is 10.2 Å². The summed E-state index contributed by atoms with van der Waals surface area (Å²) in [5.41, 5.74) is 0.906. The number of aromatic hydroxyl groups is 2. The normalized spacial score (nSPS) is 12.1. The minimum absolute atomic E-state index is 0.103. The van der Waals surface area contributed by atoms with Crippen molar-refractivity contribution in [3.63, 3.8) is 0 Å². The third kappa shape index (κ3) is 7.14. The molecule has 0 radical (unpaired) electrons. The lowest BCUT2D eigenvalue weighted by Gasteiger charge is -1.99. The second kappa shape index (κ2) is 9.03. The molecular formula is C17H22O2. The van der Waals surface area contributed by atoms with Crippen LogP contribution >= 0.6 is 0 Å². The number of phenols is 2. The van der Waals surface area contributed by atoms with E-state index in [0.29, 0.717) is 6.42 Å². The lowest BCUT2D eigenvalue weighted by atomic mass is 10.1. The van der Waals surface area contributed by atoms with Gasteiger partial charge in [0.1, 0.15) is 11.5 Å². The quantitative estimate of drug-likeness (QED) is 0.707. The molecular weight excluding hydrogens is 236 g/mol. The van der Waals surface area contributed by atoms with Crippen molar-refractivity contribution in [3.05, 3.63) is 60.2 Å². The minimum Gasteiger partial charge on any atom is -0.508 e. The van der Waals surface area contributed by atoms with Gasteiger partial charge in [0.05, 0.1) is 0 Å². The molecule has 19 heavy (non-hydrogen) atoms. The lowest BCUT2D eigenvalue weighted by Crippen LogP contribution is -1.80. The fourth-order valence-electron chi connectivity index (χ4n) is 1.70. The summed E-state index contributed by atoms with van der Waals surface area (Å²) >= 11 is 0. The van der Waals surface area contributed by atoms with Crippen LogP contribution in [0.3, 0.4) is 0 Å². The Bertz CT molecular complexity index is 436. The number of phenolic OH excluding ortho intramolecular Hbond substituents is 2. The zero-order valence-corrected chi connectivity index (χ0v) is 11.4. The van der Waals surface area contributed by atoms with E-state index in [1.54, 1.807) is 12.1 Å². The van der Waals surface area contributed by atoms with Crippen molar-refractivity contribution in [2.45, 2.75) is 32.6 Å². The van der Waals surface area contributed by atoms with Crippen molar-refractivity contribution in [2.24, 2.45) is 0 Å². The Kier molecular flexibility index (Phi) is 7.18. The van der Waals surface area contributed by atoms with Crippen LogP contribution in [0.5, 0.6) is 11.5 Å². The van der Waals surface area contributed by atoms with Gasteiger partial charge in [0.15, 0.2) is 0 Å². The second-order valence-electron chi connectivity index (χ2n) is 4.36. The molecule has 0 aliphatic carbocycles. The maximum atomic E-state index is 9.34. The first-order valence-corrected chi connectivity index (χ1v) is 6.69. The summed E-state index contributed by atoms with van der Waals surface area (Å²) in [5.74, 6) is 0.206. The largest absolute Gasteiger partial charge is 0.508 e. The van der Waals surface area contributed by atoms with Crippen molar-refractivity contribution in [3.8, 4) is 11.5 Å². The average Bonchev–Trinajstić information content (AvgIpc) is 2.36. The molecule has 1 aromatic carbocycles. The van der Waals surface area contributed by atoms with Crippen molar-refractivity contribution in [2.75, 3.05) is 0 Å². The number of allylic oxidation sites excluding steroid dienone is 6. The molecule has 2 heteroatoms. The van der Waals surface area contributed by atoms with E-state index in [4.69, 9.17) is 0 Å². The van der Waals surface area contributed by atoms with Gasteiger partial charge in [-0.2, -0.15) is 0 Å². The molecule has 0 saturated carbocycles. The Morgan fingerprint density at radius 2 is 1.32 bits per heavy atom. The van der Waals surface area contributed by atoms with Crippen LogP contribution in [0.25, 0.3) is 0 Å². The fraction of sp³-hybridized carbons (Fsp3) is 0.294. The van der Waals surface area contributed by atoms with Crippen LogP contribution in [0, 0.1) is 0 Å². The van der Waals surface area contributed by atoms with Gasteiger partial charge in [-0.05, 0) is 43.4 Å². The molecule has 1 aromatic rings. The average molecular weight is 258 g/mol. The van der Waals surface area contributed by atoms with E-state index in [2.05, 4.69) is 37.3 Å². The third-order valence-electron chi connectivity index (χ3n) is 2.60. The Balaban J connectivity index is 2.28.